The van der Waals surface area contributed by atoms with Crippen molar-refractivity contribution in [3.63, 3.8) is 0 Å². The van der Waals surface area contributed by atoms with Crippen molar-refractivity contribution in [2.24, 2.45) is 0 Å². The van der Waals surface area contributed by atoms with E-state index in [0.717, 1.165) is 50.3 Å². The Labute approximate surface area is 349 Å². The van der Waals surface area contributed by atoms with Crippen LogP contribution in [-0.2, 0) is 0 Å². The summed E-state index contributed by atoms with van der Waals surface area (Å²) >= 11 is 0. The first kappa shape index (κ1) is 35.2. The summed E-state index contributed by atoms with van der Waals surface area (Å²) in [6.45, 7) is 0. The summed E-state index contributed by atoms with van der Waals surface area (Å²) in [5.74, 6) is 0.682. The molecule has 280 valence electrons. The number of nitrogens with zero attached hydrogens (tertiary/aromatic N) is 2. The number of benzene rings is 10. The third kappa shape index (κ3) is 6.51. The first-order chi connectivity index (χ1) is 29.7. The van der Waals surface area contributed by atoms with Crippen molar-refractivity contribution in [1.82, 2.24) is 9.97 Å². The number of hydrogen-bond acceptors (Lipinski definition) is 2. The molecule has 11 rings (SSSR count). The lowest BCUT2D eigenvalue weighted by molar-refractivity contribution is 1.18. The predicted octanol–water partition coefficient (Wildman–Crippen LogP) is 15.6. The molecule has 11 aromatic rings. The van der Waals surface area contributed by atoms with E-state index in [1.54, 1.807) is 0 Å². The Hall–Kier alpha value is -7.94. The van der Waals surface area contributed by atoms with Gasteiger partial charge in [0.15, 0.2) is 5.82 Å². The van der Waals surface area contributed by atoms with Gasteiger partial charge in [-0.15, -0.1) is 0 Å². The Morgan fingerprint density at radius 3 is 1.10 bits per heavy atom. The molecule has 0 aliphatic carbocycles. The Balaban J connectivity index is 1.05. The summed E-state index contributed by atoms with van der Waals surface area (Å²) < 4.78 is 0. The SMILES string of the molecule is c1ccc(-c2cccc(-c3cc(-c4cccc(-c5ccccc5)c4)nc(-c4cccc(-c5ccccc5-c5ccc6c7ccccc7c7ccccc7c6c5)c4)n3)c2)cc1. The molecule has 0 unspecified atom stereocenters. The zero-order valence-corrected chi connectivity index (χ0v) is 32.8. The minimum atomic E-state index is 0.682. The molecule has 0 saturated carbocycles. The monoisotopic (exact) mass is 762 g/mol. The summed E-state index contributed by atoms with van der Waals surface area (Å²) in [7, 11) is 0. The first-order valence-corrected chi connectivity index (χ1v) is 20.5. The predicted molar refractivity (Wildman–Crippen MR) is 253 cm³/mol. The molecule has 2 heteroatoms. The van der Waals surface area contributed by atoms with Gasteiger partial charge in [-0.25, -0.2) is 9.97 Å². The molecule has 0 aliphatic heterocycles. The maximum Gasteiger partial charge on any atom is 0.160 e. The van der Waals surface area contributed by atoms with E-state index in [2.05, 4.69) is 231 Å². The van der Waals surface area contributed by atoms with Crippen molar-refractivity contribution >= 4 is 32.3 Å². The van der Waals surface area contributed by atoms with Crippen molar-refractivity contribution in [2.75, 3.05) is 0 Å². The Kier molecular flexibility index (Phi) is 8.87. The van der Waals surface area contributed by atoms with Gasteiger partial charge in [0.2, 0.25) is 0 Å². The minimum Gasteiger partial charge on any atom is -0.228 e. The lowest BCUT2D eigenvalue weighted by Gasteiger charge is -2.15. The molecule has 0 amide bonds. The van der Waals surface area contributed by atoms with Gasteiger partial charge < -0.3 is 0 Å². The summed E-state index contributed by atoms with van der Waals surface area (Å²) in [5, 5.41) is 7.63. The Bertz CT molecular complexity index is 3230. The van der Waals surface area contributed by atoms with Gasteiger partial charge in [0, 0.05) is 16.7 Å². The van der Waals surface area contributed by atoms with Crippen molar-refractivity contribution in [1.29, 1.82) is 0 Å². The highest BCUT2D eigenvalue weighted by Gasteiger charge is 2.16. The zero-order valence-electron chi connectivity index (χ0n) is 32.8. The van der Waals surface area contributed by atoms with Gasteiger partial charge in [-0.05, 0) is 107 Å². The highest BCUT2D eigenvalue weighted by Crippen LogP contribution is 2.40. The van der Waals surface area contributed by atoms with Gasteiger partial charge in [-0.2, -0.15) is 0 Å². The van der Waals surface area contributed by atoms with Gasteiger partial charge in [-0.3, -0.25) is 0 Å². The first-order valence-electron chi connectivity index (χ1n) is 20.5. The van der Waals surface area contributed by atoms with Crippen molar-refractivity contribution < 1.29 is 0 Å². The van der Waals surface area contributed by atoms with Gasteiger partial charge in [-0.1, -0.05) is 200 Å². The van der Waals surface area contributed by atoms with Crippen LogP contribution in [0.25, 0.3) is 111 Å². The second kappa shape index (κ2) is 15.1. The van der Waals surface area contributed by atoms with E-state index < -0.39 is 0 Å². The van der Waals surface area contributed by atoms with E-state index in [9.17, 15) is 0 Å². The second-order valence-electron chi connectivity index (χ2n) is 15.3. The average molecular weight is 763 g/mol. The topological polar surface area (TPSA) is 25.8 Å². The van der Waals surface area contributed by atoms with Crippen LogP contribution in [-0.4, -0.2) is 9.97 Å². The zero-order chi connectivity index (χ0) is 39.8. The van der Waals surface area contributed by atoms with E-state index >= 15 is 0 Å². The Morgan fingerprint density at radius 2 is 0.567 bits per heavy atom. The molecule has 0 saturated heterocycles. The Morgan fingerprint density at radius 1 is 0.200 bits per heavy atom. The van der Waals surface area contributed by atoms with E-state index in [1.807, 2.05) is 0 Å². The maximum atomic E-state index is 5.31. The summed E-state index contributed by atoms with van der Waals surface area (Å²) in [4.78, 5) is 10.6. The van der Waals surface area contributed by atoms with E-state index in [0.29, 0.717) is 5.82 Å². The van der Waals surface area contributed by atoms with E-state index in [4.69, 9.17) is 9.97 Å². The number of hydrogen-bond donors (Lipinski definition) is 0. The fourth-order valence-corrected chi connectivity index (χ4v) is 8.74. The summed E-state index contributed by atoms with van der Waals surface area (Å²) in [6, 6.07) is 82.3. The average Bonchev–Trinajstić information content (AvgIpc) is 3.34. The van der Waals surface area contributed by atoms with Gasteiger partial charge in [0.1, 0.15) is 0 Å². The van der Waals surface area contributed by atoms with Crippen molar-refractivity contribution in [3.05, 3.63) is 231 Å². The molecule has 0 fully saturated rings. The van der Waals surface area contributed by atoms with Crippen LogP contribution in [0.4, 0.5) is 0 Å². The highest BCUT2D eigenvalue weighted by molar-refractivity contribution is 6.25. The van der Waals surface area contributed by atoms with Crippen LogP contribution >= 0.6 is 0 Å². The van der Waals surface area contributed by atoms with Crippen LogP contribution in [0.1, 0.15) is 0 Å². The largest absolute Gasteiger partial charge is 0.228 e. The molecule has 0 aliphatic rings. The maximum absolute atomic E-state index is 5.31. The van der Waals surface area contributed by atoms with E-state index in [-0.39, 0.29) is 0 Å². The van der Waals surface area contributed by atoms with Crippen LogP contribution in [0.2, 0.25) is 0 Å². The normalized spacial score (nSPS) is 11.3. The molecular formula is C58H38N2. The quantitative estimate of drug-likeness (QED) is 0.151. The molecule has 0 atom stereocenters. The van der Waals surface area contributed by atoms with Gasteiger partial charge >= 0.3 is 0 Å². The van der Waals surface area contributed by atoms with Crippen LogP contribution in [0, 0.1) is 0 Å². The molecule has 60 heavy (non-hydrogen) atoms. The number of aromatic nitrogens is 2. The van der Waals surface area contributed by atoms with Gasteiger partial charge in [0.25, 0.3) is 0 Å². The highest BCUT2D eigenvalue weighted by atomic mass is 14.9. The van der Waals surface area contributed by atoms with Gasteiger partial charge in [0.05, 0.1) is 11.4 Å². The lowest BCUT2D eigenvalue weighted by Crippen LogP contribution is -1.97. The summed E-state index contributed by atoms with van der Waals surface area (Å²) in [5.41, 5.74) is 14.1. The molecule has 10 aromatic carbocycles. The van der Waals surface area contributed by atoms with Crippen molar-refractivity contribution in [2.45, 2.75) is 0 Å². The smallest absolute Gasteiger partial charge is 0.160 e. The standard InChI is InChI=1S/C58H38N2/c1-3-16-39(17-4-1)41-20-13-23-45(34-41)56-38-57(46-24-14-21-42(35-46)40-18-5-2-6-19-40)60-58(59-56)47-25-15-22-43(36-47)48-26-7-8-27-49(48)44-32-33-54-52-30-10-9-28-50(52)51-29-11-12-31-53(51)55(54)37-44/h1-38H. The van der Waals surface area contributed by atoms with Crippen LogP contribution < -0.4 is 0 Å². The number of fused-ring (bicyclic) bond motifs is 6. The summed E-state index contributed by atoms with van der Waals surface area (Å²) in [6.07, 6.45) is 0. The van der Waals surface area contributed by atoms with Crippen LogP contribution in [0.15, 0.2) is 231 Å². The molecule has 1 aromatic heterocycles. The minimum absolute atomic E-state index is 0.682. The molecule has 0 N–H and O–H groups in total. The fourth-order valence-electron chi connectivity index (χ4n) is 8.74. The lowest BCUT2D eigenvalue weighted by atomic mass is 9.89. The molecule has 1 heterocycles. The molecule has 0 bridgehead atoms. The molecule has 0 spiro atoms. The van der Waals surface area contributed by atoms with Crippen LogP contribution in [0.5, 0.6) is 0 Å². The molecule has 2 nitrogen and oxygen atoms in total. The fraction of sp³-hybridized carbons (Fsp3) is 0. The number of rotatable bonds is 7. The molecular weight excluding hydrogens is 725 g/mol. The third-order valence-corrected chi connectivity index (χ3v) is 11.7. The second-order valence-corrected chi connectivity index (χ2v) is 15.3. The van der Waals surface area contributed by atoms with Crippen molar-refractivity contribution in [3.8, 4) is 78.4 Å². The molecule has 0 radical (unpaired) electrons. The van der Waals surface area contributed by atoms with Crippen LogP contribution in [0.3, 0.4) is 0 Å². The third-order valence-electron chi connectivity index (χ3n) is 11.7. The van der Waals surface area contributed by atoms with E-state index in [1.165, 1.54) is 54.6 Å².